The van der Waals surface area contributed by atoms with E-state index in [0.717, 1.165) is 23.9 Å². The van der Waals surface area contributed by atoms with Gasteiger partial charge in [-0.05, 0) is 38.5 Å². The van der Waals surface area contributed by atoms with Gasteiger partial charge >= 0.3 is 0 Å². The third-order valence-electron chi connectivity index (χ3n) is 4.65. The maximum atomic E-state index is 4.44. The molecule has 2 atom stereocenters. The van der Waals surface area contributed by atoms with Crippen LogP contribution in [0.5, 0.6) is 0 Å². The molecule has 5 nitrogen and oxygen atoms in total. The summed E-state index contributed by atoms with van der Waals surface area (Å²) >= 11 is 0. The van der Waals surface area contributed by atoms with Gasteiger partial charge in [0.2, 0.25) is 0 Å². The molecular weight excluding hydrogens is 238 g/mol. The predicted molar refractivity (Wildman–Crippen MR) is 73.2 cm³/mol. The lowest BCUT2D eigenvalue weighted by molar-refractivity contribution is 0.359. The first-order chi connectivity index (χ1) is 9.33. The van der Waals surface area contributed by atoms with Crippen LogP contribution >= 0.6 is 0 Å². The fraction of sp³-hybridized carbons (Fsp3) is 0.643. The number of rotatable bonds is 1. The molecule has 2 aromatic heterocycles. The van der Waals surface area contributed by atoms with Crippen molar-refractivity contribution in [2.75, 3.05) is 11.4 Å². The van der Waals surface area contributed by atoms with Crippen molar-refractivity contribution in [1.82, 2.24) is 19.6 Å². The second kappa shape index (κ2) is 4.18. The standard InChI is InChI=1S/C14H19N5/c1-10-8-13(19-14(17-10)15-9-16-19)18-7-3-5-11-4-2-6-12(11)18/h8-9,11-12H,2-7H2,1H3. The van der Waals surface area contributed by atoms with Crippen molar-refractivity contribution in [3.63, 3.8) is 0 Å². The normalized spacial score (nSPS) is 26.9. The molecule has 0 aromatic carbocycles. The van der Waals surface area contributed by atoms with Crippen molar-refractivity contribution in [1.29, 1.82) is 0 Å². The monoisotopic (exact) mass is 257 g/mol. The molecule has 2 fully saturated rings. The van der Waals surface area contributed by atoms with Gasteiger partial charge in [-0.15, -0.1) is 0 Å². The molecule has 0 N–H and O–H groups in total. The van der Waals surface area contributed by atoms with Crippen LogP contribution < -0.4 is 4.90 Å². The number of fused-ring (bicyclic) bond motifs is 2. The van der Waals surface area contributed by atoms with Crippen LogP contribution in [0.2, 0.25) is 0 Å². The molecule has 1 saturated carbocycles. The molecule has 1 aliphatic heterocycles. The highest BCUT2D eigenvalue weighted by Gasteiger charge is 2.36. The van der Waals surface area contributed by atoms with Gasteiger partial charge in [0.25, 0.3) is 5.78 Å². The highest BCUT2D eigenvalue weighted by Crippen LogP contribution is 2.39. The minimum Gasteiger partial charge on any atom is -0.353 e. The fourth-order valence-electron chi connectivity index (χ4n) is 3.85. The van der Waals surface area contributed by atoms with Crippen LogP contribution in [0.4, 0.5) is 5.82 Å². The lowest BCUT2D eigenvalue weighted by Crippen LogP contribution is -2.43. The Bertz CT molecular complexity index is 605. The number of anilines is 1. The Morgan fingerprint density at radius 1 is 1.21 bits per heavy atom. The van der Waals surface area contributed by atoms with Gasteiger partial charge in [0.15, 0.2) is 0 Å². The van der Waals surface area contributed by atoms with Crippen LogP contribution in [-0.4, -0.2) is 32.2 Å². The van der Waals surface area contributed by atoms with Gasteiger partial charge in [-0.3, -0.25) is 0 Å². The maximum Gasteiger partial charge on any atom is 0.254 e. The second-order valence-electron chi connectivity index (χ2n) is 5.82. The van der Waals surface area contributed by atoms with E-state index in [4.69, 9.17) is 0 Å². The zero-order chi connectivity index (χ0) is 12.8. The van der Waals surface area contributed by atoms with Crippen molar-refractivity contribution in [3.05, 3.63) is 18.1 Å². The van der Waals surface area contributed by atoms with E-state index in [1.807, 2.05) is 11.4 Å². The molecule has 5 heteroatoms. The van der Waals surface area contributed by atoms with Crippen molar-refractivity contribution in [2.45, 2.75) is 45.1 Å². The Morgan fingerprint density at radius 3 is 3.05 bits per heavy atom. The lowest BCUT2D eigenvalue weighted by atomic mass is 9.92. The highest BCUT2D eigenvalue weighted by atomic mass is 15.4. The Morgan fingerprint density at radius 2 is 2.11 bits per heavy atom. The molecule has 2 unspecified atom stereocenters. The van der Waals surface area contributed by atoms with E-state index in [9.17, 15) is 0 Å². The molecule has 0 amide bonds. The molecule has 4 rings (SSSR count). The van der Waals surface area contributed by atoms with Crippen molar-refractivity contribution < 1.29 is 0 Å². The summed E-state index contributed by atoms with van der Waals surface area (Å²) in [4.78, 5) is 11.2. The highest BCUT2D eigenvalue weighted by molar-refractivity contribution is 5.48. The van der Waals surface area contributed by atoms with E-state index < -0.39 is 0 Å². The van der Waals surface area contributed by atoms with E-state index in [2.05, 4.69) is 26.0 Å². The van der Waals surface area contributed by atoms with Crippen molar-refractivity contribution in [3.8, 4) is 0 Å². The Kier molecular flexibility index (Phi) is 2.47. The first kappa shape index (κ1) is 11.2. The summed E-state index contributed by atoms with van der Waals surface area (Å²) in [6, 6.07) is 2.85. The van der Waals surface area contributed by atoms with Crippen LogP contribution in [-0.2, 0) is 0 Å². The van der Waals surface area contributed by atoms with E-state index >= 15 is 0 Å². The van der Waals surface area contributed by atoms with E-state index in [1.54, 1.807) is 6.33 Å². The molecule has 0 bridgehead atoms. The van der Waals surface area contributed by atoms with Gasteiger partial charge in [-0.2, -0.15) is 14.6 Å². The molecule has 1 aliphatic carbocycles. The van der Waals surface area contributed by atoms with Crippen LogP contribution in [0.3, 0.4) is 0 Å². The average Bonchev–Trinajstić information content (AvgIpc) is 3.04. The van der Waals surface area contributed by atoms with Gasteiger partial charge in [0.1, 0.15) is 12.1 Å². The summed E-state index contributed by atoms with van der Waals surface area (Å²) in [5, 5.41) is 4.35. The smallest absolute Gasteiger partial charge is 0.254 e. The van der Waals surface area contributed by atoms with Crippen LogP contribution in [0.15, 0.2) is 12.4 Å². The number of piperidine rings is 1. The first-order valence-electron chi connectivity index (χ1n) is 7.27. The minimum atomic E-state index is 0.697. The minimum absolute atomic E-state index is 0.697. The fourth-order valence-corrected chi connectivity index (χ4v) is 3.85. The lowest BCUT2D eigenvalue weighted by Gasteiger charge is -2.39. The molecule has 1 saturated heterocycles. The molecule has 2 aromatic rings. The Labute approximate surface area is 112 Å². The van der Waals surface area contributed by atoms with E-state index in [-0.39, 0.29) is 0 Å². The SMILES string of the molecule is Cc1cc(N2CCCC3CCCC32)n2ncnc2n1. The topological polar surface area (TPSA) is 46.3 Å². The average molecular weight is 257 g/mol. The van der Waals surface area contributed by atoms with Crippen molar-refractivity contribution >= 4 is 11.6 Å². The van der Waals surface area contributed by atoms with Gasteiger partial charge in [0, 0.05) is 24.3 Å². The molecule has 19 heavy (non-hydrogen) atoms. The summed E-state index contributed by atoms with van der Waals surface area (Å²) in [7, 11) is 0. The second-order valence-corrected chi connectivity index (χ2v) is 5.82. The van der Waals surface area contributed by atoms with Gasteiger partial charge in [-0.25, -0.2) is 4.98 Å². The zero-order valence-electron chi connectivity index (χ0n) is 11.3. The number of hydrogen-bond acceptors (Lipinski definition) is 4. The largest absolute Gasteiger partial charge is 0.353 e. The summed E-state index contributed by atoms with van der Waals surface area (Å²) in [6.07, 6.45) is 8.37. The van der Waals surface area contributed by atoms with Crippen LogP contribution in [0, 0.1) is 12.8 Å². The quantitative estimate of drug-likeness (QED) is 0.785. The summed E-state index contributed by atoms with van der Waals surface area (Å²) in [6.45, 7) is 3.17. The summed E-state index contributed by atoms with van der Waals surface area (Å²) in [5.41, 5.74) is 1.02. The number of aromatic nitrogens is 4. The maximum absolute atomic E-state index is 4.44. The molecule has 3 heterocycles. The zero-order valence-corrected chi connectivity index (χ0v) is 11.3. The summed E-state index contributed by atoms with van der Waals surface area (Å²) < 4.78 is 1.90. The third kappa shape index (κ3) is 1.71. The number of nitrogens with zero attached hydrogens (tertiary/aromatic N) is 5. The summed E-state index contributed by atoms with van der Waals surface area (Å²) in [5.74, 6) is 2.77. The molecule has 100 valence electrons. The Hall–Kier alpha value is -1.65. The Balaban J connectivity index is 1.82. The van der Waals surface area contributed by atoms with E-state index in [0.29, 0.717) is 6.04 Å². The third-order valence-corrected chi connectivity index (χ3v) is 4.65. The molecule has 0 radical (unpaired) electrons. The van der Waals surface area contributed by atoms with Gasteiger partial charge in [0.05, 0.1) is 0 Å². The number of hydrogen-bond donors (Lipinski definition) is 0. The molecule has 2 aliphatic rings. The molecule has 0 spiro atoms. The van der Waals surface area contributed by atoms with Crippen LogP contribution in [0.1, 0.15) is 37.8 Å². The van der Waals surface area contributed by atoms with Gasteiger partial charge in [-0.1, -0.05) is 6.42 Å². The van der Waals surface area contributed by atoms with Gasteiger partial charge < -0.3 is 4.90 Å². The van der Waals surface area contributed by atoms with Crippen LogP contribution in [0.25, 0.3) is 5.78 Å². The van der Waals surface area contributed by atoms with Crippen molar-refractivity contribution in [2.24, 2.45) is 5.92 Å². The molecular formula is C14H19N5. The first-order valence-corrected chi connectivity index (χ1v) is 7.27. The predicted octanol–water partition coefficient (Wildman–Crippen LogP) is 2.20. The van der Waals surface area contributed by atoms with E-state index in [1.165, 1.54) is 37.9 Å². The number of aryl methyl sites for hydroxylation is 1.